The van der Waals surface area contributed by atoms with Crippen molar-refractivity contribution >= 4 is 11.6 Å². The van der Waals surface area contributed by atoms with Crippen LogP contribution in [-0.2, 0) is 9.59 Å². The summed E-state index contributed by atoms with van der Waals surface area (Å²) < 4.78 is 39.6. The summed E-state index contributed by atoms with van der Waals surface area (Å²) in [7, 11) is 0. The summed E-state index contributed by atoms with van der Waals surface area (Å²) in [6.07, 6.45) is 4.56. The Morgan fingerprint density at radius 1 is 0.925 bits per heavy atom. The van der Waals surface area contributed by atoms with Crippen molar-refractivity contribution in [2.45, 2.75) is 125 Å². The molecule has 0 bridgehead atoms. The maximum absolute atomic E-state index is 14.5. The van der Waals surface area contributed by atoms with Gasteiger partial charge >= 0.3 is 6.18 Å². The van der Waals surface area contributed by atoms with Gasteiger partial charge in [0, 0.05) is 24.2 Å². The monoisotopic (exact) mass is 559 g/mol. The van der Waals surface area contributed by atoms with Gasteiger partial charge in [-0.15, -0.1) is 0 Å². The van der Waals surface area contributed by atoms with Crippen LogP contribution < -0.4 is 0 Å². The highest BCUT2D eigenvalue weighted by Gasteiger charge is 2.71. The van der Waals surface area contributed by atoms with Crippen LogP contribution in [0.25, 0.3) is 4.85 Å². The van der Waals surface area contributed by atoms with Crippen molar-refractivity contribution in [3.63, 3.8) is 0 Å². The first-order valence-electron chi connectivity index (χ1n) is 15.5. The first kappa shape index (κ1) is 29.8. The number of nitrogens with zero attached hydrogens (tertiary/aromatic N) is 1. The van der Waals surface area contributed by atoms with E-state index < -0.39 is 23.4 Å². The molecule has 0 spiro atoms. The summed E-state index contributed by atoms with van der Waals surface area (Å²) in [6, 6.07) is 0. The van der Waals surface area contributed by atoms with Gasteiger partial charge in [0.05, 0.1) is 6.57 Å². The average Bonchev–Trinajstić information content (AvgIpc) is 2.82. The standard InChI is InChI=1S/C34H48F3NO2/c1-28(2)14-16-33(11-9-12-34(35,36)37)17-15-32(7)26(21(33)19-28)23(39)18-25-30(5)20-22(38-8)27(40)29(3,4)24(30)10-13-31(25,32)6/h20-21,24-26H,9-19H2,1-7H3/t21-,24-,25+,26-,30-,31+,32+,33+/m0/s1. The predicted molar refractivity (Wildman–Crippen MR) is 150 cm³/mol. The van der Waals surface area contributed by atoms with E-state index in [0.29, 0.717) is 12.8 Å². The van der Waals surface area contributed by atoms with Gasteiger partial charge in [0.15, 0.2) is 5.78 Å². The Labute approximate surface area is 238 Å². The molecule has 4 fully saturated rings. The normalized spacial score (nSPS) is 45.8. The van der Waals surface area contributed by atoms with Gasteiger partial charge in [-0.2, -0.15) is 13.2 Å². The second-order valence-electron chi connectivity index (χ2n) is 16.5. The van der Waals surface area contributed by atoms with Gasteiger partial charge in [0.25, 0.3) is 0 Å². The van der Waals surface area contributed by atoms with Crippen LogP contribution in [0.2, 0.25) is 0 Å². The molecule has 222 valence electrons. The molecule has 0 aromatic heterocycles. The van der Waals surface area contributed by atoms with E-state index in [9.17, 15) is 22.8 Å². The van der Waals surface area contributed by atoms with Gasteiger partial charge in [-0.25, -0.2) is 4.85 Å². The Morgan fingerprint density at radius 3 is 2.20 bits per heavy atom. The van der Waals surface area contributed by atoms with Crippen molar-refractivity contribution in [2.75, 3.05) is 0 Å². The minimum Gasteiger partial charge on any atom is -0.307 e. The second-order valence-corrected chi connectivity index (χ2v) is 16.5. The Kier molecular flexibility index (Phi) is 6.66. The van der Waals surface area contributed by atoms with Crippen LogP contribution >= 0.6 is 0 Å². The third-order valence-electron chi connectivity index (χ3n) is 13.8. The molecule has 4 saturated carbocycles. The van der Waals surface area contributed by atoms with Gasteiger partial charge in [-0.05, 0) is 103 Å². The number of rotatable bonds is 3. The number of carbonyl (C=O) groups excluding carboxylic acids is 2. The molecule has 0 aromatic rings. The second kappa shape index (κ2) is 8.93. The maximum Gasteiger partial charge on any atom is 0.389 e. The van der Waals surface area contributed by atoms with Crippen molar-refractivity contribution in [3.05, 3.63) is 23.2 Å². The fourth-order valence-corrected chi connectivity index (χ4v) is 11.5. The minimum atomic E-state index is -4.15. The first-order valence-corrected chi connectivity index (χ1v) is 15.5. The molecule has 40 heavy (non-hydrogen) atoms. The van der Waals surface area contributed by atoms with E-state index in [0.717, 1.165) is 44.9 Å². The Bertz CT molecular complexity index is 1180. The molecule has 0 unspecified atom stereocenters. The molecule has 0 N–H and O–H groups in total. The highest BCUT2D eigenvalue weighted by atomic mass is 19.4. The smallest absolute Gasteiger partial charge is 0.307 e. The molecule has 5 aliphatic carbocycles. The van der Waals surface area contributed by atoms with E-state index in [4.69, 9.17) is 6.57 Å². The lowest BCUT2D eigenvalue weighted by Gasteiger charge is -2.72. The highest BCUT2D eigenvalue weighted by molar-refractivity contribution is 6.02. The molecule has 5 rings (SSSR count). The number of ketones is 2. The number of carbonyl (C=O) groups is 2. The summed E-state index contributed by atoms with van der Waals surface area (Å²) in [6.45, 7) is 23.1. The molecular formula is C34H48F3NO2. The van der Waals surface area contributed by atoms with E-state index in [-0.39, 0.29) is 69.0 Å². The SMILES string of the molecule is [C-]#[N+]C1=C[C@]2(C)[C@H]3CC(=O)[C@@H]4[C@@H]5CC(C)(C)CC[C@]5(CCCC(F)(F)F)CC[C@@]4(C)[C@]3(C)CC[C@H]2C(C)(C)C1=O. The zero-order valence-electron chi connectivity index (χ0n) is 25.6. The number of halogens is 3. The van der Waals surface area contributed by atoms with E-state index in [1.54, 1.807) is 0 Å². The zero-order chi connectivity index (χ0) is 29.7. The molecule has 0 amide bonds. The minimum absolute atomic E-state index is 0.0333. The number of Topliss-reactive ketones (excluding diaryl/α,β-unsaturated/α-hetero) is 2. The van der Waals surface area contributed by atoms with Gasteiger partial charge in [0.1, 0.15) is 5.78 Å². The van der Waals surface area contributed by atoms with Gasteiger partial charge < -0.3 is 4.79 Å². The molecule has 0 aliphatic heterocycles. The largest absolute Gasteiger partial charge is 0.389 e. The fraction of sp³-hybridized carbons (Fsp3) is 0.853. The van der Waals surface area contributed by atoms with E-state index in [2.05, 4.69) is 39.5 Å². The zero-order valence-corrected chi connectivity index (χ0v) is 25.6. The van der Waals surface area contributed by atoms with Gasteiger partial charge in [-0.1, -0.05) is 54.5 Å². The Hall–Kier alpha value is -1.64. The molecule has 5 aliphatic rings. The lowest BCUT2D eigenvalue weighted by atomic mass is 9.31. The van der Waals surface area contributed by atoms with Crippen LogP contribution in [0.15, 0.2) is 11.8 Å². The molecule has 3 nitrogen and oxygen atoms in total. The quantitative estimate of drug-likeness (QED) is 0.323. The average molecular weight is 560 g/mol. The van der Waals surface area contributed by atoms with Crippen LogP contribution in [0.3, 0.4) is 0 Å². The third-order valence-corrected chi connectivity index (χ3v) is 13.8. The Balaban J connectivity index is 1.57. The number of allylic oxidation sites excluding steroid dienone is 2. The molecule has 0 saturated heterocycles. The lowest BCUT2D eigenvalue weighted by Crippen LogP contribution is -2.68. The molecule has 8 atom stereocenters. The number of hydrogen-bond donors (Lipinski definition) is 0. The Morgan fingerprint density at radius 2 is 1.57 bits per heavy atom. The molecule has 6 heteroatoms. The molecule has 0 aromatic carbocycles. The third kappa shape index (κ3) is 4.10. The topological polar surface area (TPSA) is 38.5 Å². The van der Waals surface area contributed by atoms with Gasteiger partial charge in [-0.3, -0.25) is 4.79 Å². The van der Waals surface area contributed by atoms with E-state index in [1.807, 2.05) is 19.9 Å². The van der Waals surface area contributed by atoms with Gasteiger partial charge in [0.2, 0.25) is 5.70 Å². The van der Waals surface area contributed by atoms with Crippen LogP contribution in [0.1, 0.15) is 119 Å². The number of fused-ring (bicyclic) bond motifs is 7. The summed E-state index contributed by atoms with van der Waals surface area (Å²) >= 11 is 0. The summed E-state index contributed by atoms with van der Waals surface area (Å²) in [5.74, 6) is 0.273. The summed E-state index contributed by atoms with van der Waals surface area (Å²) in [4.78, 5) is 31.5. The van der Waals surface area contributed by atoms with Crippen molar-refractivity contribution in [1.29, 1.82) is 0 Å². The van der Waals surface area contributed by atoms with E-state index in [1.165, 1.54) is 0 Å². The van der Waals surface area contributed by atoms with Crippen LogP contribution in [-0.4, -0.2) is 17.7 Å². The fourth-order valence-electron chi connectivity index (χ4n) is 11.5. The van der Waals surface area contributed by atoms with Crippen molar-refractivity contribution < 1.29 is 22.8 Å². The van der Waals surface area contributed by atoms with Crippen molar-refractivity contribution in [2.24, 2.45) is 56.2 Å². The highest BCUT2D eigenvalue weighted by Crippen LogP contribution is 2.76. The lowest BCUT2D eigenvalue weighted by molar-refractivity contribution is -0.224. The number of hydrogen-bond acceptors (Lipinski definition) is 2. The maximum atomic E-state index is 14.5. The summed E-state index contributed by atoms with van der Waals surface area (Å²) in [5.41, 5.74) is -1.41. The predicted octanol–water partition coefficient (Wildman–Crippen LogP) is 9.37. The van der Waals surface area contributed by atoms with Crippen LogP contribution in [0.4, 0.5) is 13.2 Å². The molecular weight excluding hydrogens is 511 g/mol. The van der Waals surface area contributed by atoms with Crippen LogP contribution in [0.5, 0.6) is 0 Å². The molecule has 0 radical (unpaired) electrons. The van der Waals surface area contributed by atoms with E-state index >= 15 is 0 Å². The van der Waals surface area contributed by atoms with Crippen molar-refractivity contribution in [1.82, 2.24) is 0 Å². The molecule has 0 heterocycles. The summed E-state index contributed by atoms with van der Waals surface area (Å²) in [5, 5.41) is 0. The number of alkyl halides is 3. The van der Waals surface area contributed by atoms with Crippen LogP contribution in [0, 0.1) is 62.7 Å². The first-order chi connectivity index (χ1) is 18.3. The van der Waals surface area contributed by atoms with Crippen molar-refractivity contribution in [3.8, 4) is 0 Å².